The summed E-state index contributed by atoms with van der Waals surface area (Å²) in [5, 5.41) is 5.31. The fraction of sp³-hybridized carbons (Fsp3) is 0.421. The van der Waals surface area contributed by atoms with Gasteiger partial charge in [-0.2, -0.15) is 0 Å². The molecule has 27 heavy (non-hydrogen) atoms. The molecule has 1 aliphatic carbocycles. The van der Waals surface area contributed by atoms with Crippen molar-refractivity contribution in [2.75, 3.05) is 5.84 Å². The summed E-state index contributed by atoms with van der Waals surface area (Å²) in [6, 6.07) is 9.41. The van der Waals surface area contributed by atoms with Crippen molar-refractivity contribution in [1.29, 1.82) is 0 Å². The number of nitrogen functional groups attached to an aromatic ring is 1. The Morgan fingerprint density at radius 2 is 1.93 bits per heavy atom. The first kappa shape index (κ1) is 19.3. The maximum Gasteiger partial charge on any atom is 0.321 e. The minimum atomic E-state index is -0.504. The van der Waals surface area contributed by atoms with E-state index < -0.39 is 11.3 Å². The van der Waals surface area contributed by atoms with E-state index in [2.05, 4.69) is 15.6 Å². The van der Waals surface area contributed by atoms with Crippen LogP contribution in [0.15, 0.2) is 41.7 Å². The third kappa shape index (κ3) is 5.26. The Kier molecular flexibility index (Phi) is 6.39. The van der Waals surface area contributed by atoms with E-state index in [9.17, 15) is 9.59 Å². The Hall–Kier alpha value is -2.48. The van der Waals surface area contributed by atoms with Crippen molar-refractivity contribution in [1.82, 2.24) is 20.3 Å². The Morgan fingerprint density at radius 1 is 1.22 bits per heavy atom. The average Bonchev–Trinajstić information content (AvgIpc) is 3.03. The van der Waals surface area contributed by atoms with Crippen LogP contribution in [0.5, 0.6) is 0 Å². The van der Waals surface area contributed by atoms with Crippen LogP contribution in [0, 0.1) is 0 Å². The van der Waals surface area contributed by atoms with Crippen LogP contribution >= 0.6 is 11.8 Å². The van der Waals surface area contributed by atoms with Gasteiger partial charge >= 0.3 is 6.03 Å². The molecule has 0 aliphatic heterocycles. The number of carbonyl (C=O) groups excluding carboxylic acids is 2. The standard InChI is InChI=1S/C19H25N5O2S/c1-13(17(25)23-18(26)21-15-10-6-3-7-11-15)27-19-22-16(12-24(19)20)14-8-4-2-5-9-14/h2,4-5,8-9,12-13,15H,3,6-7,10-11,20H2,1H3,(H2,21,23,25,26)/t13-/m0/s1. The molecule has 2 aromatic rings. The molecule has 0 spiro atoms. The van der Waals surface area contributed by atoms with Gasteiger partial charge in [-0.1, -0.05) is 61.4 Å². The molecule has 4 N–H and O–H groups in total. The van der Waals surface area contributed by atoms with Gasteiger partial charge in [-0.15, -0.1) is 0 Å². The van der Waals surface area contributed by atoms with Crippen molar-refractivity contribution in [3.8, 4) is 11.3 Å². The molecule has 3 amide bonds. The van der Waals surface area contributed by atoms with E-state index in [-0.39, 0.29) is 11.9 Å². The molecule has 7 nitrogen and oxygen atoms in total. The zero-order valence-electron chi connectivity index (χ0n) is 15.4. The number of urea groups is 1. The van der Waals surface area contributed by atoms with Crippen LogP contribution in [0.4, 0.5) is 4.79 Å². The normalized spacial score (nSPS) is 15.9. The lowest BCUT2D eigenvalue weighted by atomic mass is 9.96. The number of carbonyl (C=O) groups is 2. The second-order valence-corrected chi connectivity index (χ2v) is 8.05. The minimum Gasteiger partial charge on any atom is -0.337 e. The molecule has 1 fully saturated rings. The summed E-state index contributed by atoms with van der Waals surface area (Å²) in [5.41, 5.74) is 1.69. The summed E-state index contributed by atoms with van der Waals surface area (Å²) in [7, 11) is 0. The molecular weight excluding hydrogens is 362 g/mol. The zero-order chi connectivity index (χ0) is 19.2. The third-order valence-electron chi connectivity index (χ3n) is 4.60. The van der Waals surface area contributed by atoms with Crippen molar-refractivity contribution in [3.05, 3.63) is 36.5 Å². The molecule has 8 heteroatoms. The van der Waals surface area contributed by atoms with Gasteiger partial charge in [0.05, 0.1) is 17.1 Å². The molecule has 1 heterocycles. The van der Waals surface area contributed by atoms with Gasteiger partial charge in [0.1, 0.15) is 0 Å². The monoisotopic (exact) mass is 387 g/mol. The average molecular weight is 388 g/mol. The first-order valence-electron chi connectivity index (χ1n) is 9.21. The molecule has 3 rings (SSSR count). The van der Waals surface area contributed by atoms with E-state index in [1.54, 1.807) is 13.1 Å². The van der Waals surface area contributed by atoms with Crippen molar-refractivity contribution in [3.63, 3.8) is 0 Å². The molecular formula is C19H25N5O2S. The molecule has 1 aromatic carbocycles. The highest BCUT2D eigenvalue weighted by Gasteiger charge is 2.22. The maximum absolute atomic E-state index is 12.3. The first-order valence-corrected chi connectivity index (χ1v) is 10.1. The molecule has 0 unspecified atom stereocenters. The second-order valence-electron chi connectivity index (χ2n) is 6.74. The van der Waals surface area contributed by atoms with Crippen LogP contribution in [0.1, 0.15) is 39.0 Å². The quantitative estimate of drug-likeness (QED) is 0.541. The van der Waals surface area contributed by atoms with Crippen LogP contribution in [-0.4, -0.2) is 32.9 Å². The summed E-state index contributed by atoms with van der Waals surface area (Å²) in [4.78, 5) is 28.8. The predicted molar refractivity (Wildman–Crippen MR) is 107 cm³/mol. The smallest absolute Gasteiger partial charge is 0.321 e. The van der Waals surface area contributed by atoms with Crippen molar-refractivity contribution in [2.45, 2.75) is 55.5 Å². The zero-order valence-corrected chi connectivity index (χ0v) is 16.2. The number of benzene rings is 1. The number of aromatic nitrogens is 2. The van der Waals surface area contributed by atoms with Crippen LogP contribution in [0.3, 0.4) is 0 Å². The van der Waals surface area contributed by atoms with E-state index in [4.69, 9.17) is 5.84 Å². The molecule has 144 valence electrons. The largest absolute Gasteiger partial charge is 0.337 e. The van der Waals surface area contributed by atoms with E-state index in [1.165, 1.54) is 22.9 Å². The lowest BCUT2D eigenvalue weighted by molar-refractivity contribution is -0.119. The van der Waals surface area contributed by atoms with Gasteiger partial charge in [-0.3, -0.25) is 10.1 Å². The summed E-state index contributed by atoms with van der Waals surface area (Å²) in [5.74, 6) is 5.61. The van der Waals surface area contributed by atoms with Crippen LogP contribution < -0.4 is 16.5 Å². The lowest BCUT2D eigenvalue weighted by Gasteiger charge is -2.23. The van der Waals surface area contributed by atoms with Gasteiger partial charge in [-0.05, 0) is 19.8 Å². The van der Waals surface area contributed by atoms with Crippen molar-refractivity contribution in [2.24, 2.45) is 0 Å². The van der Waals surface area contributed by atoms with E-state index in [0.29, 0.717) is 5.16 Å². The van der Waals surface area contributed by atoms with Crippen LogP contribution in [-0.2, 0) is 4.79 Å². The van der Waals surface area contributed by atoms with Gasteiger partial charge in [-0.25, -0.2) is 14.5 Å². The van der Waals surface area contributed by atoms with Gasteiger partial charge in [0, 0.05) is 11.6 Å². The number of hydrogen-bond acceptors (Lipinski definition) is 5. The van der Waals surface area contributed by atoms with Crippen molar-refractivity contribution < 1.29 is 9.59 Å². The number of thioether (sulfide) groups is 1. The Labute approximate surface area is 163 Å². The van der Waals surface area contributed by atoms with Gasteiger partial charge in [0.15, 0.2) is 5.16 Å². The van der Waals surface area contributed by atoms with Gasteiger partial charge in [0.2, 0.25) is 5.91 Å². The van der Waals surface area contributed by atoms with Crippen LogP contribution in [0.25, 0.3) is 11.3 Å². The highest BCUT2D eigenvalue weighted by atomic mass is 32.2. The number of amides is 3. The predicted octanol–water partition coefficient (Wildman–Crippen LogP) is 2.90. The minimum absolute atomic E-state index is 0.158. The Morgan fingerprint density at radius 3 is 2.63 bits per heavy atom. The number of nitrogens with two attached hydrogens (primary N) is 1. The number of hydrogen-bond donors (Lipinski definition) is 3. The molecule has 0 saturated heterocycles. The number of nitrogens with zero attached hydrogens (tertiary/aromatic N) is 2. The first-order chi connectivity index (χ1) is 13.0. The number of nitrogens with one attached hydrogen (secondary N) is 2. The second kappa shape index (κ2) is 8.94. The molecule has 0 bridgehead atoms. The fourth-order valence-electron chi connectivity index (χ4n) is 3.11. The summed E-state index contributed by atoms with van der Waals surface area (Å²) >= 11 is 1.22. The summed E-state index contributed by atoms with van der Waals surface area (Å²) < 4.78 is 1.40. The van der Waals surface area contributed by atoms with E-state index in [0.717, 1.165) is 36.9 Å². The highest BCUT2D eigenvalue weighted by molar-refractivity contribution is 8.00. The molecule has 1 saturated carbocycles. The number of imide groups is 1. The molecule has 0 radical (unpaired) electrons. The Balaban J connectivity index is 1.55. The summed E-state index contributed by atoms with van der Waals surface area (Å²) in [6.45, 7) is 1.73. The van der Waals surface area contributed by atoms with Gasteiger partial charge < -0.3 is 11.2 Å². The topological polar surface area (TPSA) is 102 Å². The maximum atomic E-state index is 12.3. The number of imidazole rings is 1. The van der Waals surface area contributed by atoms with Crippen molar-refractivity contribution >= 4 is 23.7 Å². The Bertz CT molecular complexity index is 787. The molecule has 1 aliphatic rings. The fourth-order valence-corrected chi connectivity index (χ4v) is 3.91. The molecule has 1 aromatic heterocycles. The van der Waals surface area contributed by atoms with Gasteiger partial charge in [0.25, 0.3) is 0 Å². The lowest BCUT2D eigenvalue weighted by Crippen LogP contribution is -2.47. The van der Waals surface area contributed by atoms with E-state index >= 15 is 0 Å². The SMILES string of the molecule is C[C@H](Sc1nc(-c2ccccc2)cn1N)C(=O)NC(=O)NC1CCCCC1. The highest BCUT2D eigenvalue weighted by Crippen LogP contribution is 2.25. The number of rotatable bonds is 5. The van der Waals surface area contributed by atoms with Crippen LogP contribution in [0.2, 0.25) is 0 Å². The summed E-state index contributed by atoms with van der Waals surface area (Å²) in [6.07, 6.45) is 7.11. The molecule has 1 atom stereocenters. The third-order valence-corrected chi connectivity index (χ3v) is 5.68. The van der Waals surface area contributed by atoms with E-state index in [1.807, 2.05) is 30.3 Å².